The number of carboxylic acids is 1. The Morgan fingerprint density at radius 3 is 2.65 bits per heavy atom. The molecule has 1 saturated heterocycles. The highest BCUT2D eigenvalue weighted by Crippen LogP contribution is 2.35. The molecule has 1 aliphatic heterocycles. The van der Waals surface area contributed by atoms with Crippen LogP contribution < -0.4 is 0 Å². The summed E-state index contributed by atoms with van der Waals surface area (Å²) < 4.78 is 18.9. The molecule has 26 heavy (non-hydrogen) atoms. The summed E-state index contributed by atoms with van der Waals surface area (Å²) in [5.41, 5.74) is 0.704. The summed E-state index contributed by atoms with van der Waals surface area (Å²) >= 11 is 6.21. The molecule has 1 aliphatic rings. The van der Waals surface area contributed by atoms with Crippen LogP contribution >= 0.6 is 24.0 Å². The van der Waals surface area contributed by atoms with Crippen LogP contribution in [0.2, 0.25) is 0 Å². The predicted molar refractivity (Wildman–Crippen MR) is 101 cm³/mol. The van der Waals surface area contributed by atoms with E-state index < -0.39 is 17.9 Å². The maximum absolute atomic E-state index is 13.0. The van der Waals surface area contributed by atoms with E-state index in [-0.39, 0.29) is 16.6 Å². The van der Waals surface area contributed by atoms with E-state index in [0.29, 0.717) is 22.0 Å². The Kier molecular flexibility index (Phi) is 5.24. The number of carbonyl (C=O) groups is 2. The second kappa shape index (κ2) is 7.43. The fraction of sp³-hybridized carbons (Fsp3) is 0.167. The average Bonchev–Trinajstić information content (AvgIpc) is 3.16. The number of hydrogen-bond donors (Lipinski definition) is 1. The third-order valence-corrected chi connectivity index (χ3v) is 5.17. The molecular weight excluding hydrogens is 377 g/mol. The molecule has 1 fully saturated rings. The van der Waals surface area contributed by atoms with Gasteiger partial charge in [0.05, 0.1) is 4.91 Å². The fourth-order valence-electron chi connectivity index (χ4n) is 2.55. The molecule has 0 saturated carbocycles. The molecule has 0 aliphatic carbocycles. The molecule has 8 heteroatoms. The molecule has 0 spiro atoms. The van der Waals surface area contributed by atoms with Crippen LogP contribution in [0.3, 0.4) is 0 Å². The fourth-order valence-corrected chi connectivity index (χ4v) is 3.88. The molecule has 1 amide bonds. The molecular formula is C18H14FNO4S2. The Morgan fingerprint density at radius 2 is 2.04 bits per heavy atom. The topological polar surface area (TPSA) is 70.8 Å². The minimum Gasteiger partial charge on any atom is -0.480 e. The highest BCUT2D eigenvalue weighted by atomic mass is 32.2. The summed E-state index contributed by atoms with van der Waals surface area (Å²) in [6.45, 7) is 1.68. The first kappa shape index (κ1) is 18.3. The Bertz CT molecular complexity index is 904. The van der Waals surface area contributed by atoms with Crippen LogP contribution in [-0.4, -0.2) is 32.2 Å². The van der Waals surface area contributed by atoms with Gasteiger partial charge in [-0.2, -0.15) is 0 Å². The standard InChI is InChI=1S/C18H14FNO4S2/c1-2-13(17(22)23)20-16(21)15(26-18(20)25)9-12-7-8-14(24-12)10-3-5-11(19)6-4-10/h3-9,13H,2H2,1H3,(H,22,23)/b15-9-/t13-/m0/s1. The number of nitrogens with zero attached hydrogens (tertiary/aromatic N) is 1. The number of hydrogen-bond acceptors (Lipinski definition) is 5. The third kappa shape index (κ3) is 3.56. The van der Waals surface area contributed by atoms with Gasteiger partial charge in [0, 0.05) is 11.6 Å². The lowest BCUT2D eigenvalue weighted by Gasteiger charge is -2.21. The number of aliphatic carboxylic acids is 1. The number of benzene rings is 1. The van der Waals surface area contributed by atoms with Gasteiger partial charge in [0.25, 0.3) is 5.91 Å². The van der Waals surface area contributed by atoms with E-state index in [0.717, 1.165) is 16.7 Å². The summed E-state index contributed by atoms with van der Waals surface area (Å²) in [6.07, 6.45) is 1.78. The van der Waals surface area contributed by atoms with Gasteiger partial charge in [0.1, 0.15) is 27.7 Å². The molecule has 5 nitrogen and oxygen atoms in total. The summed E-state index contributed by atoms with van der Waals surface area (Å²) in [6, 6.07) is 8.26. The first-order chi connectivity index (χ1) is 12.4. The normalized spacial score (nSPS) is 17.2. The highest BCUT2D eigenvalue weighted by Gasteiger charge is 2.39. The largest absolute Gasteiger partial charge is 0.480 e. The number of thioether (sulfide) groups is 1. The van der Waals surface area contributed by atoms with E-state index >= 15 is 0 Å². The van der Waals surface area contributed by atoms with Crippen molar-refractivity contribution < 1.29 is 23.5 Å². The molecule has 0 unspecified atom stereocenters. The lowest BCUT2D eigenvalue weighted by molar-refractivity contribution is -0.145. The van der Waals surface area contributed by atoms with Crippen LogP contribution in [0.1, 0.15) is 19.1 Å². The molecule has 1 aromatic carbocycles. The van der Waals surface area contributed by atoms with Crippen molar-refractivity contribution >= 4 is 46.3 Å². The van der Waals surface area contributed by atoms with Gasteiger partial charge in [-0.1, -0.05) is 30.9 Å². The number of carboxylic acid groups (broad SMARTS) is 1. The van der Waals surface area contributed by atoms with Gasteiger partial charge < -0.3 is 9.52 Å². The first-order valence-corrected chi connectivity index (χ1v) is 8.99. The van der Waals surface area contributed by atoms with E-state index in [1.807, 2.05) is 0 Å². The summed E-state index contributed by atoms with van der Waals surface area (Å²) in [7, 11) is 0. The van der Waals surface area contributed by atoms with Gasteiger partial charge in [-0.05, 0) is 42.8 Å². The van der Waals surface area contributed by atoms with Gasteiger partial charge in [-0.3, -0.25) is 9.69 Å². The number of rotatable bonds is 5. The van der Waals surface area contributed by atoms with E-state index in [4.69, 9.17) is 16.6 Å². The summed E-state index contributed by atoms with van der Waals surface area (Å²) in [5, 5.41) is 9.27. The SMILES string of the molecule is CC[C@@H](C(=O)O)N1C(=O)/C(=C/c2ccc(-c3ccc(F)cc3)o2)SC1=S. The molecule has 0 bridgehead atoms. The van der Waals surface area contributed by atoms with Crippen molar-refractivity contribution in [1.82, 2.24) is 4.90 Å². The first-order valence-electron chi connectivity index (χ1n) is 7.76. The molecule has 1 aromatic heterocycles. The minimum atomic E-state index is -1.10. The van der Waals surface area contributed by atoms with Crippen molar-refractivity contribution in [3.63, 3.8) is 0 Å². The predicted octanol–water partition coefficient (Wildman–Crippen LogP) is 4.15. The smallest absolute Gasteiger partial charge is 0.326 e. The monoisotopic (exact) mass is 391 g/mol. The van der Waals surface area contributed by atoms with Gasteiger partial charge >= 0.3 is 5.97 Å². The van der Waals surface area contributed by atoms with Gasteiger partial charge in [-0.15, -0.1) is 0 Å². The van der Waals surface area contributed by atoms with Crippen molar-refractivity contribution in [3.8, 4) is 11.3 Å². The molecule has 3 rings (SSSR count). The molecule has 1 atom stereocenters. The van der Waals surface area contributed by atoms with E-state index in [2.05, 4.69) is 0 Å². The number of halogens is 1. The Balaban J connectivity index is 1.85. The number of amides is 1. The average molecular weight is 391 g/mol. The van der Waals surface area contributed by atoms with Crippen molar-refractivity contribution in [3.05, 3.63) is 52.9 Å². The van der Waals surface area contributed by atoms with Crippen LogP contribution in [0.15, 0.2) is 45.7 Å². The second-order valence-electron chi connectivity index (χ2n) is 5.52. The van der Waals surface area contributed by atoms with Crippen LogP contribution in [0.4, 0.5) is 4.39 Å². The third-order valence-electron chi connectivity index (χ3n) is 3.84. The van der Waals surface area contributed by atoms with Crippen molar-refractivity contribution in [2.45, 2.75) is 19.4 Å². The van der Waals surface area contributed by atoms with Gasteiger partial charge in [-0.25, -0.2) is 9.18 Å². The summed E-state index contributed by atoms with van der Waals surface area (Å²) in [5.74, 6) is -0.930. The van der Waals surface area contributed by atoms with Crippen LogP contribution in [0.25, 0.3) is 17.4 Å². The van der Waals surface area contributed by atoms with Crippen LogP contribution in [0.5, 0.6) is 0 Å². The second-order valence-corrected chi connectivity index (χ2v) is 7.20. The lowest BCUT2D eigenvalue weighted by Crippen LogP contribution is -2.43. The van der Waals surface area contributed by atoms with Crippen molar-refractivity contribution in [1.29, 1.82) is 0 Å². The molecule has 1 N–H and O–H groups in total. The number of carbonyl (C=O) groups excluding carboxylic acids is 1. The zero-order chi connectivity index (χ0) is 18.8. The maximum atomic E-state index is 13.0. The molecule has 0 radical (unpaired) electrons. The van der Waals surface area contributed by atoms with Crippen molar-refractivity contribution in [2.75, 3.05) is 0 Å². The highest BCUT2D eigenvalue weighted by molar-refractivity contribution is 8.26. The van der Waals surface area contributed by atoms with E-state index in [9.17, 15) is 19.1 Å². The molecule has 134 valence electrons. The van der Waals surface area contributed by atoms with Crippen molar-refractivity contribution in [2.24, 2.45) is 0 Å². The van der Waals surface area contributed by atoms with E-state index in [1.54, 1.807) is 31.2 Å². The van der Waals surface area contributed by atoms with Crippen LogP contribution in [0, 0.1) is 5.82 Å². The molecule has 2 aromatic rings. The zero-order valence-corrected chi connectivity index (χ0v) is 15.3. The lowest BCUT2D eigenvalue weighted by atomic mass is 10.2. The number of furan rings is 1. The van der Waals surface area contributed by atoms with E-state index in [1.165, 1.54) is 18.2 Å². The quantitative estimate of drug-likeness (QED) is 0.610. The Hall–Kier alpha value is -2.45. The maximum Gasteiger partial charge on any atom is 0.326 e. The Morgan fingerprint density at radius 1 is 1.35 bits per heavy atom. The zero-order valence-electron chi connectivity index (χ0n) is 13.6. The Labute approximate surface area is 158 Å². The van der Waals surface area contributed by atoms with Gasteiger partial charge in [0.2, 0.25) is 0 Å². The summed E-state index contributed by atoms with van der Waals surface area (Å²) in [4.78, 5) is 25.3. The van der Waals surface area contributed by atoms with Gasteiger partial charge in [0.15, 0.2) is 0 Å². The minimum absolute atomic E-state index is 0.209. The number of thiocarbonyl (C=S) groups is 1. The molecule has 2 heterocycles. The van der Waals surface area contributed by atoms with Crippen LogP contribution in [-0.2, 0) is 9.59 Å².